The molecule has 108 valence electrons. The molecule has 2 N–H and O–H groups in total. The molecule has 1 fully saturated rings. The molecule has 20 heavy (non-hydrogen) atoms. The Hall–Kier alpha value is -0.940. The maximum Gasteiger partial charge on any atom is 0.0799 e. The van der Waals surface area contributed by atoms with Crippen LogP contribution in [0.25, 0.3) is 10.1 Å². The van der Waals surface area contributed by atoms with Gasteiger partial charge in [-0.15, -0.1) is 11.3 Å². The van der Waals surface area contributed by atoms with E-state index in [1.807, 2.05) is 11.3 Å². The van der Waals surface area contributed by atoms with Crippen molar-refractivity contribution < 1.29 is 10.2 Å². The van der Waals surface area contributed by atoms with E-state index < -0.39 is 6.10 Å². The lowest BCUT2D eigenvalue weighted by molar-refractivity contribution is 0.0172. The van der Waals surface area contributed by atoms with Crippen molar-refractivity contribution in [2.75, 3.05) is 19.7 Å². The van der Waals surface area contributed by atoms with Gasteiger partial charge in [0.2, 0.25) is 0 Å². The van der Waals surface area contributed by atoms with Crippen LogP contribution in [-0.2, 0) is 6.54 Å². The van der Waals surface area contributed by atoms with Gasteiger partial charge in [-0.05, 0) is 54.2 Å². The van der Waals surface area contributed by atoms with Crippen molar-refractivity contribution in [1.29, 1.82) is 0 Å². The van der Waals surface area contributed by atoms with Gasteiger partial charge in [0.15, 0.2) is 0 Å². The van der Waals surface area contributed by atoms with Crippen LogP contribution in [0, 0.1) is 5.92 Å². The maximum absolute atomic E-state index is 9.70. The van der Waals surface area contributed by atoms with E-state index in [1.165, 1.54) is 15.6 Å². The molecule has 0 radical (unpaired) electrons. The van der Waals surface area contributed by atoms with E-state index in [9.17, 15) is 5.11 Å². The predicted molar refractivity (Wildman–Crippen MR) is 82.9 cm³/mol. The zero-order valence-corrected chi connectivity index (χ0v) is 12.4. The maximum atomic E-state index is 9.70. The Morgan fingerprint density at radius 3 is 2.75 bits per heavy atom. The first kappa shape index (κ1) is 14.0. The lowest BCUT2D eigenvalue weighted by Crippen LogP contribution is -2.38. The summed E-state index contributed by atoms with van der Waals surface area (Å²) in [6.07, 6.45) is 1.41. The molecule has 0 bridgehead atoms. The summed E-state index contributed by atoms with van der Waals surface area (Å²) in [6.45, 7) is 2.89. The van der Waals surface area contributed by atoms with E-state index in [0.29, 0.717) is 0 Å². The smallest absolute Gasteiger partial charge is 0.0799 e. The summed E-state index contributed by atoms with van der Waals surface area (Å²) in [5, 5.41) is 22.4. The van der Waals surface area contributed by atoms with E-state index in [0.717, 1.165) is 32.5 Å². The van der Waals surface area contributed by atoms with Gasteiger partial charge >= 0.3 is 0 Å². The number of benzene rings is 1. The molecule has 1 unspecified atom stereocenters. The minimum atomic E-state index is -0.542. The second-order valence-corrected chi connectivity index (χ2v) is 6.53. The van der Waals surface area contributed by atoms with E-state index in [-0.39, 0.29) is 12.5 Å². The molecule has 1 atom stereocenters. The lowest BCUT2D eigenvalue weighted by Gasteiger charge is -2.33. The zero-order chi connectivity index (χ0) is 13.9. The molecular weight excluding hydrogens is 270 g/mol. The Balaban J connectivity index is 1.62. The van der Waals surface area contributed by atoms with Crippen LogP contribution in [0.1, 0.15) is 18.4 Å². The molecule has 1 aromatic carbocycles. The largest absolute Gasteiger partial charge is 0.394 e. The molecule has 3 rings (SSSR count). The Kier molecular flexibility index (Phi) is 4.36. The second kappa shape index (κ2) is 6.22. The molecule has 0 spiro atoms. The van der Waals surface area contributed by atoms with Gasteiger partial charge < -0.3 is 10.2 Å². The van der Waals surface area contributed by atoms with Crippen molar-refractivity contribution in [2.45, 2.75) is 25.5 Å². The standard InChI is InChI=1S/C16H21NO2S/c18-10-15(19)12-5-7-17(8-6-12)9-13-11-20-16-4-2-1-3-14(13)16/h1-4,11-12,15,18-19H,5-10H2. The van der Waals surface area contributed by atoms with E-state index >= 15 is 0 Å². The van der Waals surface area contributed by atoms with Gasteiger partial charge in [-0.3, -0.25) is 4.90 Å². The number of nitrogens with zero attached hydrogens (tertiary/aromatic N) is 1. The summed E-state index contributed by atoms with van der Waals surface area (Å²) in [6, 6.07) is 8.56. The van der Waals surface area contributed by atoms with Gasteiger partial charge in [-0.25, -0.2) is 0 Å². The highest BCUT2D eigenvalue weighted by Crippen LogP contribution is 2.28. The minimum absolute atomic E-state index is 0.111. The van der Waals surface area contributed by atoms with Gasteiger partial charge in [-0.2, -0.15) is 0 Å². The van der Waals surface area contributed by atoms with Crippen molar-refractivity contribution in [3.63, 3.8) is 0 Å². The highest BCUT2D eigenvalue weighted by molar-refractivity contribution is 7.17. The molecule has 1 aliphatic heterocycles. The van der Waals surface area contributed by atoms with Crippen molar-refractivity contribution in [3.05, 3.63) is 35.2 Å². The summed E-state index contributed by atoms with van der Waals surface area (Å²) < 4.78 is 1.35. The summed E-state index contributed by atoms with van der Waals surface area (Å²) in [5.74, 6) is 0.260. The van der Waals surface area contributed by atoms with E-state index in [1.54, 1.807) is 0 Å². The molecular formula is C16H21NO2S. The number of hydrogen-bond donors (Lipinski definition) is 2. The average molecular weight is 291 g/mol. The third-order valence-electron chi connectivity index (χ3n) is 4.32. The van der Waals surface area contributed by atoms with Crippen LogP contribution in [0.2, 0.25) is 0 Å². The fraction of sp³-hybridized carbons (Fsp3) is 0.500. The number of hydrogen-bond acceptors (Lipinski definition) is 4. The third-order valence-corrected chi connectivity index (χ3v) is 5.33. The minimum Gasteiger partial charge on any atom is -0.394 e. The number of fused-ring (bicyclic) bond motifs is 1. The number of thiophene rings is 1. The van der Waals surface area contributed by atoms with Crippen molar-refractivity contribution in [1.82, 2.24) is 4.90 Å². The monoisotopic (exact) mass is 291 g/mol. The second-order valence-electron chi connectivity index (χ2n) is 5.62. The normalized spacial score (nSPS) is 19.5. The highest BCUT2D eigenvalue weighted by atomic mass is 32.1. The fourth-order valence-corrected chi connectivity index (χ4v) is 3.99. The molecule has 2 aromatic rings. The van der Waals surface area contributed by atoms with Crippen molar-refractivity contribution in [2.24, 2.45) is 5.92 Å². The summed E-state index contributed by atoms with van der Waals surface area (Å²) in [4.78, 5) is 2.45. The average Bonchev–Trinajstić information content (AvgIpc) is 2.91. The Morgan fingerprint density at radius 2 is 2.00 bits per heavy atom. The first-order chi connectivity index (χ1) is 9.78. The van der Waals surface area contributed by atoms with Crippen LogP contribution in [0.5, 0.6) is 0 Å². The van der Waals surface area contributed by atoms with Gasteiger partial charge in [0.05, 0.1) is 12.7 Å². The predicted octanol–water partition coefficient (Wildman–Crippen LogP) is 2.47. The molecule has 1 aromatic heterocycles. The summed E-state index contributed by atoms with van der Waals surface area (Å²) in [7, 11) is 0. The van der Waals surface area contributed by atoms with Crippen LogP contribution in [0.4, 0.5) is 0 Å². The van der Waals surface area contributed by atoms with Crippen LogP contribution in [0.15, 0.2) is 29.6 Å². The lowest BCUT2D eigenvalue weighted by atomic mass is 9.91. The van der Waals surface area contributed by atoms with Gasteiger partial charge in [0.25, 0.3) is 0 Å². The quantitative estimate of drug-likeness (QED) is 0.909. The van der Waals surface area contributed by atoms with Crippen LogP contribution in [0.3, 0.4) is 0 Å². The zero-order valence-electron chi connectivity index (χ0n) is 11.5. The Morgan fingerprint density at radius 1 is 1.25 bits per heavy atom. The van der Waals surface area contributed by atoms with Crippen LogP contribution >= 0.6 is 11.3 Å². The van der Waals surface area contributed by atoms with E-state index in [2.05, 4.69) is 34.5 Å². The molecule has 0 saturated carbocycles. The number of aliphatic hydroxyl groups excluding tert-OH is 2. The van der Waals surface area contributed by atoms with Gasteiger partial charge in [0, 0.05) is 11.2 Å². The molecule has 3 nitrogen and oxygen atoms in total. The van der Waals surface area contributed by atoms with Gasteiger partial charge in [0.1, 0.15) is 0 Å². The molecule has 1 aliphatic rings. The number of rotatable bonds is 4. The topological polar surface area (TPSA) is 43.7 Å². The van der Waals surface area contributed by atoms with Crippen LogP contribution in [-0.4, -0.2) is 40.9 Å². The number of likely N-dealkylation sites (tertiary alicyclic amines) is 1. The van der Waals surface area contributed by atoms with Crippen molar-refractivity contribution >= 4 is 21.4 Å². The fourth-order valence-electron chi connectivity index (χ4n) is 3.04. The molecule has 0 aliphatic carbocycles. The number of aliphatic hydroxyl groups is 2. The van der Waals surface area contributed by atoms with Crippen molar-refractivity contribution in [3.8, 4) is 0 Å². The third kappa shape index (κ3) is 2.88. The van der Waals surface area contributed by atoms with E-state index in [4.69, 9.17) is 5.11 Å². The Labute approximate surface area is 123 Å². The SMILES string of the molecule is OCC(O)C1CCN(Cc2csc3ccccc23)CC1. The number of piperidine rings is 1. The molecule has 4 heteroatoms. The first-order valence-corrected chi connectivity index (χ1v) is 8.12. The summed E-state index contributed by atoms with van der Waals surface area (Å²) in [5.41, 5.74) is 1.41. The van der Waals surface area contributed by atoms with Crippen LogP contribution < -0.4 is 0 Å². The Bertz CT molecular complexity index is 560. The molecule has 1 saturated heterocycles. The first-order valence-electron chi connectivity index (χ1n) is 7.24. The molecule has 2 heterocycles. The molecule has 0 amide bonds. The van der Waals surface area contributed by atoms with Gasteiger partial charge in [-0.1, -0.05) is 18.2 Å². The summed E-state index contributed by atoms with van der Waals surface area (Å²) >= 11 is 1.81. The highest BCUT2D eigenvalue weighted by Gasteiger charge is 2.24.